The maximum Gasteiger partial charge on any atom is 0.333 e. The minimum Gasteiger partial charge on any atom is -0.467 e. The van der Waals surface area contributed by atoms with Gasteiger partial charge in [-0.05, 0) is 25.5 Å². The molecule has 0 aliphatic heterocycles. The second-order valence-corrected chi connectivity index (χ2v) is 4.49. The van der Waals surface area contributed by atoms with Crippen LogP contribution in [-0.4, -0.2) is 23.0 Å². The van der Waals surface area contributed by atoms with Crippen LogP contribution >= 0.6 is 0 Å². The standard InChI is InChI=1S/C15H17N3O2/c1-10-9-11(2)17-15(16-10)18-13(14(19)20-3)12-7-5-4-6-8-12/h4-9,13H,1-3H3,(H,16,17,18). The summed E-state index contributed by atoms with van der Waals surface area (Å²) in [6.45, 7) is 3.77. The predicted octanol–water partition coefficient (Wildman–Crippen LogP) is 2.42. The molecule has 5 nitrogen and oxygen atoms in total. The molecule has 1 aromatic carbocycles. The summed E-state index contributed by atoms with van der Waals surface area (Å²) < 4.78 is 4.84. The average Bonchev–Trinajstić information content (AvgIpc) is 2.44. The fraction of sp³-hybridized carbons (Fsp3) is 0.267. The Morgan fingerprint density at radius 1 is 1.15 bits per heavy atom. The number of rotatable bonds is 4. The zero-order chi connectivity index (χ0) is 14.5. The third-order valence-electron chi connectivity index (χ3n) is 2.83. The summed E-state index contributed by atoms with van der Waals surface area (Å²) in [7, 11) is 1.36. The minimum absolute atomic E-state index is 0.376. The molecular weight excluding hydrogens is 254 g/mol. The largest absolute Gasteiger partial charge is 0.467 e. The molecule has 0 radical (unpaired) electrons. The fourth-order valence-electron chi connectivity index (χ4n) is 1.96. The number of nitrogens with zero attached hydrogens (tertiary/aromatic N) is 2. The Balaban J connectivity index is 2.31. The molecular formula is C15H17N3O2. The first-order valence-corrected chi connectivity index (χ1v) is 6.31. The monoisotopic (exact) mass is 271 g/mol. The first kappa shape index (κ1) is 14.0. The van der Waals surface area contributed by atoms with Crippen molar-refractivity contribution >= 4 is 11.9 Å². The van der Waals surface area contributed by atoms with Crippen LogP contribution in [-0.2, 0) is 9.53 Å². The van der Waals surface area contributed by atoms with E-state index in [-0.39, 0.29) is 5.97 Å². The second-order valence-electron chi connectivity index (χ2n) is 4.49. The Morgan fingerprint density at radius 2 is 1.75 bits per heavy atom. The lowest BCUT2D eigenvalue weighted by atomic mass is 10.1. The van der Waals surface area contributed by atoms with Crippen LogP contribution in [0.5, 0.6) is 0 Å². The molecule has 0 bridgehead atoms. The van der Waals surface area contributed by atoms with Gasteiger partial charge in [-0.2, -0.15) is 0 Å². The first-order chi connectivity index (χ1) is 9.60. The SMILES string of the molecule is COC(=O)C(Nc1nc(C)cc(C)n1)c1ccccc1. The Morgan fingerprint density at radius 3 is 2.30 bits per heavy atom. The van der Waals surface area contributed by atoms with Crippen molar-refractivity contribution in [3.63, 3.8) is 0 Å². The summed E-state index contributed by atoms with van der Waals surface area (Å²) in [6, 6.07) is 10.6. The van der Waals surface area contributed by atoms with Gasteiger partial charge in [-0.15, -0.1) is 0 Å². The normalized spacial score (nSPS) is 11.8. The Labute approximate surface area is 118 Å². The number of hydrogen-bond donors (Lipinski definition) is 1. The summed E-state index contributed by atoms with van der Waals surface area (Å²) in [5, 5.41) is 3.03. The van der Waals surface area contributed by atoms with E-state index in [9.17, 15) is 4.79 Å². The quantitative estimate of drug-likeness (QED) is 0.865. The summed E-state index contributed by atoms with van der Waals surface area (Å²) in [5.74, 6) is 0.0423. The molecule has 1 N–H and O–H groups in total. The highest BCUT2D eigenvalue weighted by atomic mass is 16.5. The molecule has 2 rings (SSSR count). The number of anilines is 1. The molecule has 0 spiro atoms. The van der Waals surface area contributed by atoms with Crippen LogP contribution in [0.2, 0.25) is 0 Å². The molecule has 0 saturated carbocycles. The van der Waals surface area contributed by atoms with Gasteiger partial charge in [0.15, 0.2) is 6.04 Å². The number of carbonyl (C=O) groups excluding carboxylic acids is 1. The Bertz CT molecular complexity index is 579. The number of benzene rings is 1. The van der Waals surface area contributed by atoms with Crippen molar-refractivity contribution in [2.24, 2.45) is 0 Å². The molecule has 1 heterocycles. The number of ether oxygens (including phenoxy) is 1. The van der Waals surface area contributed by atoms with Crippen molar-refractivity contribution in [1.82, 2.24) is 9.97 Å². The van der Waals surface area contributed by atoms with Gasteiger partial charge in [-0.1, -0.05) is 30.3 Å². The van der Waals surface area contributed by atoms with E-state index in [0.29, 0.717) is 5.95 Å². The van der Waals surface area contributed by atoms with Crippen molar-refractivity contribution in [1.29, 1.82) is 0 Å². The van der Waals surface area contributed by atoms with E-state index >= 15 is 0 Å². The molecule has 1 atom stereocenters. The number of aryl methyl sites for hydroxylation is 2. The molecule has 20 heavy (non-hydrogen) atoms. The highest BCUT2D eigenvalue weighted by molar-refractivity contribution is 5.80. The minimum atomic E-state index is -0.623. The maximum atomic E-state index is 11.9. The van der Waals surface area contributed by atoms with E-state index in [1.165, 1.54) is 7.11 Å². The van der Waals surface area contributed by atoms with E-state index in [4.69, 9.17) is 4.74 Å². The van der Waals surface area contributed by atoms with Crippen molar-refractivity contribution < 1.29 is 9.53 Å². The molecule has 0 aliphatic rings. The zero-order valence-electron chi connectivity index (χ0n) is 11.8. The van der Waals surface area contributed by atoms with Crippen LogP contribution < -0.4 is 5.32 Å². The van der Waals surface area contributed by atoms with Gasteiger partial charge in [0.1, 0.15) is 0 Å². The molecule has 0 fully saturated rings. The molecule has 104 valence electrons. The molecule has 5 heteroatoms. The maximum absolute atomic E-state index is 11.9. The summed E-state index contributed by atoms with van der Waals surface area (Å²) in [6.07, 6.45) is 0. The molecule has 0 saturated heterocycles. The van der Waals surface area contributed by atoms with Gasteiger partial charge < -0.3 is 10.1 Å². The lowest BCUT2D eigenvalue weighted by Crippen LogP contribution is -2.23. The number of carbonyl (C=O) groups is 1. The van der Waals surface area contributed by atoms with Crippen LogP contribution in [0.25, 0.3) is 0 Å². The molecule has 1 unspecified atom stereocenters. The van der Waals surface area contributed by atoms with Gasteiger partial charge in [-0.3, -0.25) is 0 Å². The predicted molar refractivity (Wildman–Crippen MR) is 76.3 cm³/mol. The molecule has 2 aromatic rings. The van der Waals surface area contributed by atoms with Crippen LogP contribution in [0.15, 0.2) is 36.4 Å². The van der Waals surface area contributed by atoms with Crippen LogP contribution in [0.4, 0.5) is 5.95 Å². The van der Waals surface area contributed by atoms with E-state index in [0.717, 1.165) is 17.0 Å². The van der Waals surface area contributed by atoms with Gasteiger partial charge in [0.05, 0.1) is 7.11 Å². The highest BCUT2D eigenvalue weighted by Crippen LogP contribution is 2.19. The van der Waals surface area contributed by atoms with Crippen LogP contribution in [0, 0.1) is 13.8 Å². The van der Waals surface area contributed by atoms with Gasteiger partial charge in [0.2, 0.25) is 5.95 Å². The number of hydrogen-bond acceptors (Lipinski definition) is 5. The van der Waals surface area contributed by atoms with E-state index < -0.39 is 6.04 Å². The number of nitrogens with one attached hydrogen (secondary N) is 1. The third kappa shape index (κ3) is 3.32. The van der Waals surface area contributed by atoms with Crippen LogP contribution in [0.3, 0.4) is 0 Å². The van der Waals surface area contributed by atoms with Gasteiger partial charge in [-0.25, -0.2) is 14.8 Å². The number of methoxy groups -OCH3 is 1. The lowest BCUT2D eigenvalue weighted by Gasteiger charge is -2.17. The second kappa shape index (κ2) is 6.14. The molecule has 0 aliphatic carbocycles. The summed E-state index contributed by atoms with van der Waals surface area (Å²) in [4.78, 5) is 20.5. The number of esters is 1. The lowest BCUT2D eigenvalue weighted by molar-refractivity contribution is -0.141. The van der Waals surface area contributed by atoms with E-state index in [1.54, 1.807) is 0 Å². The smallest absolute Gasteiger partial charge is 0.333 e. The molecule has 1 aromatic heterocycles. The fourth-order valence-corrected chi connectivity index (χ4v) is 1.96. The van der Waals surface area contributed by atoms with Crippen molar-refractivity contribution in [2.45, 2.75) is 19.9 Å². The van der Waals surface area contributed by atoms with Crippen molar-refractivity contribution in [3.8, 4) is 0 Å². The summed E-state index contributed by atoms with van der Waals surface area (Å²) >= 11 is 0. The van der Waals surface area contributed by atoms with E-state index in [1.807, 2.05) is 50.2 Å². The van der Waals surface area contributed by atoms with Crippen molar-refractivity contribution in [3.05, 3.63) is 53.3 Å². The average molecular weight is 271 g/mol. The topological polar surface area (TPSA) is 64.1 Å². The Kier molecular flexibility index (Phi) is 4.30. The number of aromatic nitrogens is 2. The molecule has 0 amide bonds. The van der Waals surface area contributed by atoms with Gasteiger partial charge in [0.25, 0.3) is 0 Å². The first-order valence-electron chi connectivity index (χ1n) is 6.31. The Hall–Kier alpha value is -2.43. The zero-order valence-corrected chi connectivity index (χ0v) is 11.8. The van der Waals surface area contributed by atoms with Gasteiger partial charge in [0, 0.05) is 11.4 Å². The summed E-state index contributed by atoms with van der Waals surface area (Å²) in [5.41, 5.74) is 2.50. The highest BCUT2D eigenvalue weighted by Gasteiger charge is 2.22. The van der Waals surface area contributed by atoms with Crippen LogP contribution in [0.1, 0.15) is 23.0 Å². The third-order valence-corrected chi connectivity index (χ3v) is 2.83. The van der Waals surface area contributed by atoms with Gasteiger partial charge >= 0.3 is 5.97 Å². The van der Waals surface area contributed by atoms with Crippen molar-refractivity contribution in [2.75, 3.05) is 12.4 Å². The van der Waals surface area contributed by atoms with E-state index in [2.05, 4.69) is 15.3 Å².